The van der Waals surface area contributed by atoms with Gasteiger partial charge in [-0.15, -0.1) is 0 Å². The van der Waals surface area contributed by atoms with Crippen molar-refractivity contribution in [3.8, 4) is 0 Å². The van der Waals surface area contributed by atoms with Crippen LogP contribution in [0.25, 0.3) is 0 Å². The molecule has 1 rings (SSSR count). The molecule has 2 atom stereocenters. The maximum absolute atomic E-state index is 12.4. The number of hydrogen-bond donors (Lipinski definition) is 1. The Labute approximate surface area is 131 Å². The first-order valence-corrected chi connectivity index (χ1v) is 8.44. The van der Waals surface area contributed by atoms with E-state index < -0.39 is 0 Å². The highest BCUT2D eigenvalue weighted by Crippen LogP contribution is 2.17. The lowest BCUT2D eigenvalue weighted by atomic mass is 10.1. The van der Waals surface area contributed by atoms with Crippen LogP contribution in [0.4, 0.5) is 0 Å². The summed E-state index contributed by atoms with van der Waals surface area (Å²) in [6.45, 7) is 1.99. The minimum Gasteiger partial charge on any atom is -0.348 e. The third kappa shape index (κ3) is 5.35. The first-order valence-electron chi connectivity index (χ1n) is 6.67. The maximum Gasteiger partial charge on any atom is 0.237 e. The molecule has 0 saturated heterocycles. The summed E-state index contributed by atoms with van der Waals surface area (Å²) in [5.41, 5.74) is 1.06. The molecule has 0 aliphatic rings. The van der Waals surface area contributed by atoms with Gasteiger partial charge in [-0.3, -0.25) is 9.69 Å². The normalized spacial score (nSPS) is 14.1. The van der Waals surface area contributed by atoms with Crippen molar-refractivity contribution in [2.24, 2.45) is 0 Å². The van der Waals surface area contributed by atoms with Crippen molar-refractivity contribution < 1.29 is 4.79 Å². The highest BCUT2D eigenvalue weighted by Gasteiger charge is 2.21. The molecule has 1 aromatic rings. The highest BCUT2D eigenvalue weighted by molar-refractivity contribution is 7.98. The summed E-state index contributed by atoms with van der Waals surface area (Å²) in [5.74, 6) is 1.05. The smallest absolute Gasteiger partial charge is 0.237 e. The van der Waals surface area contributed by atoms with Crippen LogP contribution in [0, 0.1) is 0 Å². The van der Waals surface area contributed by atoms with Gasteiger partial charge in [0.15, 0.2) is 0 Å². The van der Waals surface area contributed by atoms with Crippen LogP contribution in [0.15, 0.2) is 24.3 Å². The van der Waals surface area contributed by atoms with Gasteiger partial charge in [-0.05, 0) is 57.1 Å². The minimum atomic E-state index is -0.0859. The van der Waals surface area contributed by atoms with Crippen molar-refractivity contribution >= 4 is 29.3 Å². The van der Waals surface area contributed by atoms with Crippen LogP contribution in [-0.4, -0.2) is 43.0 Å². The van der Waals surface area contributed by atoms with Crippen LogP contribution in [0.1, 0.15) is 24.9 Å². The topological polar surface area (TPSA) is 32.3 Å². The van der Waals surface area contributed by atoms with Gasteiger partial charge in [0, 0.05) is 5.02 Å². The molecule has 0 aromatic heterocycles. The monoisotopic (exact) mass is 314 g/mol. The van der Waals surface area contributed by atoms with E-state index in [9.17, 15) is 4.79 Å². The first kappa shape index (κ1) is 17.3. The lowest BCUT2D eigenvalue weighted by Crippen LogP contribution is -2.44. The van der Waals surface area contributed by atoms with Gasteiger partial charge in [0.05, 0.1) is 12.1 Å². The van der Waals surface area contributed by atoms with Gasteiger partial charge in [0.2, 0.25) is 5.91 Å². The molecule has 112 valence electrons. The Kier molecular flexibility index (Phi) is 7.41. The fourth-order valence-electron chi connectivity index (χ4n) is 2.00. The zero-order valence-corrected chi connectivity index (χ0v) is 14.1. The number of halogens is 1. The largest absolute Gasteiger partial charge is 0.348 e. The number of rotatable bonds is 7. The van der Waals surface area contributed by atoms with Crippen molar-refractivity contribution in [3.63, 3.8) is 0 Å². The average molecular weight is 315 g/mol. The summed E-state index contributed by atoms with van der Waals surface area (Å²) in [7, 11) is 3.88. The van der Waals surface area contributed by atoms with E-state index in [0.717, 1.165) is 17.7 Å². The van der Waals surface area contributed by atoms with Gasteiger partial charge in [-0.25, -0.2) is 0 Å². The summed E-state index contributed by atoms with van der Waals surface area (Å²) in [4.78, 5) is 14.3. The Morgan fingerprint density at radius 1 is 1.35 bits per heavy atom. The lowest BCUT2D eigenvalue weighted by molar-refractivity contribution is -0.126. The van der Waals surface area contributed by atoms with Gasteiger partial charge < -0.3 is 5.32 Å². The van der Waals surface area contributed by atoms with Crippen molar-refractivity contribution in [2.45, 2.75) is 25.4 Å². The summed E-state index contributed by atoms with van der Waals surface area (Å²) in [6.07, 6.45) is 2.91. The molecular formula is C15H23ClN2OS. The van der Waals surface area contributed by atoms with E-state index in [1.807, 2.05) is 50.2 Å². The van der Waals surface area contributed by atoms with E-state index in [4.69, 9.17) is 11.6 Å². The molecule has 0 spiro atoms. The zero-order valence-electron chi connectivity index (χ0n) is 12.5. The Morgan fingerprint density at radius 2 is 1.95 bits per heavy atom. The predicted molar refractivity (Wildman–Crippen MR) is 88.5 cm³/mol. The SMILES string of the molecule is CSCCC(C(=O)NC(C)c1ccc(Cl)cc1)N(C)C. The van der Waals surface area contributed by atoms with Crippen LogP contribution in [0.3, 0.4) is 0 Å². The Morgan fingerprint density at radius 3 is 2.45 bits per heavy atom. The molecule has 0 saturated carbocycles. The molecule has 2 unspecified atom stereocenters. The Hall–Kier alpha value is -0.710. The lowest BCUT2D eigenvalue weighted by Gasteiger charge is -2.25. The van der Waals surface area contributed by atoms with E-state index in [2.05, 4.69) is 11.6 Å². The maximum atomic E-state index is 12.4. The van der Waals surface area contributed by atoms with Crippen LogP contribution < -0.4 is 5.32 Å². The molecule has 5 heteroatoms. The fraction of sp³-hybridized carbons (Fsp3) is 0.533. The Bertz CT molecular complexity index is 422. The first-order chi connectivity index (χ1) is 9.45. The number of thioether (sulfide) groups is 1. The number of carbonyl (C=O) groups is 1. The molecule has 1 amide bonds. The number of carbonyl (C=O) groups excluding carboxylic acids is 1. The summed E-state index contributed by atoms with van der Waals surface area (Å²) in [6, 6.07) is 7.47. The summed E-state index contributed by atoms with van der Waals surface area (Å²) < 4.78 is 0. The number of benzene rings is 1. The molecule has 1 N–H and O–H groups in total. The van der Waals surface area contributed by atoms with Gasteiger partial charge in [0.25, 0.3) is 0 Å². The molecule has 0 aliphatic heterocycles. The van der Waals surface area contributed by atoms with E-state index in [0.29, 0.717) is 5.02 Å². The molecule has 0 bridgehead atoms. The molecule has 3 nitrogen and oxygen atoms in total. The van der Waals surface area contributed by atoms with E-state index in [-0.39, 0.29) is 18.0 Å². The summed E-state index contributed by atoms with van der Waals surface area (Å²) >= 11 is 7.64. The number of hydrogen-bond acceptors (Lipinski definition) is 3. The van der Waals surface area contributed by atoms with Crippen LogP contribution in [-0.2, 0) is 4.79 Å². The van der Waals surface area contributed by atoms with E-state index >= 15 is 0 Å². The van der Waals surface area contributed by atoms with Crippen molar-refractivity contribution in [1.82, 2.24) is 10.2 Å². The highest BCUT2D eigenvalue weighted by atomic mass is 35.5. The minimum absolute atomic E-state index is 0.0171. The zero-order chi connectivity index (χ0) is 15.1. The molecule has 0 heterocycles. The molecule has 20 heavy (non-hydrogen) atoms. The third-order valence-corrected chi connectivity index (χ3v) is 4.15. The van der Waals surface area contributed by atoms with Crippen molar-refractivity contribution in [1.29, 1.82) is 0 Å². The number of likely N-dealkylation sites (N-methyl/N-ethyl adjacent to an activating group) is 1. The van der Waals surface area contributed by atoms with Crippen LogP contribution in [0.2, 0.25) is 5.02 Å². The third-order valence-electron chi connectivity index (χ3n) is 3.25. The molecule has 0 radical (unpaired) electrons. The molecule has 0 fully saturated rings. The number of nitrogens with one attached hydrogen (secondary N) is 1. The Balaban J connectivity index is 2.64. The molecular weight excluding hydrogens is 292 g/mol. The number of amides is 1. The molecule has 0 aliphatic carbocycles. The second-order valence-electron chi connectivity index (χ2n) is 5.04. The molecule has 1 aromatic carbocycles. The van der Waals surface area contributed by atoms with Crippen LogP contribution >= 0.6 is 23.4 Å². The predicted octanol–water partition coefficient (Wildman–Crippen LogP) is 3.20. The van der Waals surface area contributed by atoms with Crippen molar-refractivity contribution in [3.05, 3.63) is 34.9 Å². The van der Waals surface area contributed by atoms with E-state index in [1.165, 1.54) is 0 Å². The quantitative estimate of drug-likeness (QED) is 0.839. The standard InChI is InChI=1S/C15H23ClN2OS/c1-11(12-5-7-13(16)8-6-12)17-15(19)14(18(2)3)9-10-20-4/h5-8,11,14H,9-10H2,1-4H3,(H,17,19). The number of nitrogens with zero attached hydrogens (tertiary/aromatic N) is 1. The van der Waals surface area contributed by atoms with Crippen molar-refractivity contribution in [2.75, 3.05) is 26.1 Å². The van der Waals surface area contributed by atoms with Gasteiger partial charge in [-0.1, -0.05) is 23.7 Å². The summed E-state index contributed by atoms with van der Waals surface area (Å²) in [5, 5.41) is 3.78. The second-order valence-corrected chi connectivity index (χ2v) is 6.46. The van der Waals surface area contributed by atoms with E-state index in [1.54, 1.807) is 11.8 Å². The van der Waals surface area contributed by atoms with Crippen LogP contribution in [0.5, 0.6) is 0 Å². The van der Waals surface area contributed by atoms with Gasteiger partial charge in [-0.2, -0.15) is 11.8 Å². The van der Waals surface area contributed by atoms with Gasteiger partial charge >= 0.3 is 0 Å². The fourth-order valence-corrected chi connectivity index (χ4v) is 2.58. The second kappa shape index (κ2) is 8.55. The average Bonchev–Trinajstić information content (AvgIpc) is 2.39. The van der Waals surface area contributed by atoms with Gasteiger partial charge in [0.1, 0.15) is 0 Å².